The molecule has 144 valence electrons. The number of Topliss-reactive ketones (excluding diaryl/α,β-unsaturated/α-hetero) is 1. The van der Waals surface area contributed by atoms with Crippen LogP contribution in [0.1, 0.15) is 18.5 Å². The van der Waals surface area contributed by atoms with E-state index in [1.807, 2.05) is 0 Å². The predicted molar refractivity (Wildman–Crippen MR) is 94.3 cm³/mol. The molecule has 0 aliphatic carbocycles. The Bertz CT molecular complexity index is 800. The van der Waals surface area contributed by atoms with Gasteiger partial charge in [-0.1, -0.05) is 12.1 Å². The van der Waals surface area contributed by atoms with Gasteiger partial charge in [0.25, 0.3) is 11.6 Å². The Morgan fingerprint density at radius 1 is 1.41 bits per heavy atom. The van der Waals surface area contributed by atoms with Crippen LogP contribution in [0.25, 0.3) is 0 Å². The maximum Gasteiger partial charge on any atom is 0.290 e. The normalized spacial score (nSPS) is 21.0. The summed E-state index contributed by atoms with van der Waals surface area (Å²) < 4.78 is 5.33. The van der Waals surface area contributed by atoms with Crippen molar-refractivity contribution in [2.45, 2.75) is 13.0 Å². The van der Waals surface area contributed by atoms with Crippen LogP contribution in [0, 0.1) is 10.1 Å². The first-order valence-corrected chi connectivity index (χ1v) is 8.81. The molecule has 0 spiro atoms. The summed E-state index contributed by atoms with van der Waals surface area (Å²) in [5, 5.41) is 21.4. The number of nitrogens with one attached hydrogen (secondary N) is 1. The molecule has 2 N–H and O–H groups in total. The number of rotatable bonds is 6. The van der Waals surface area contributed by atoms with Gasteiger partial charge in [-0.3, -0.25) is 19.7 Å². The van der Waals surface area contributed by atoms with Gasteiger partial charge in [0, 0.05) is 12.1 Å². The number of nitro benzene ring substituents is 1. The monoisotopic (exact) mass is 376 g/mol. The summed E-state index contributed by atoms with van der Waals surface area (Å²) in [6.45, 7) is 5.19. The molecule has 2 heterocycles. The van der Waals surface area contributed by atoms with Gasteiger partial charge in [0.05, 0.1) is 42.8 Å². The first kappa shape index (κ1) is 19.0. The number of ether oxygens (including phenoxy) is 1. The molecule has 1 fully saturated rings. The number of morpholine rings is 1. The SMILES string of the molecule is CC(=O)C1=C(O)C(=O)N(CC[NH+]2CCOCC2)C1c1cccc([N+](=O)[O-])c1. The maximum absolute atomic E-state index is 12.6. The number of hydrogen-bond donors (Lipinski definition) is 2. The molecule has 0 bridgehead atoms. The lowest BCUT2D eigenvalue weighted by atomic mass is 9.96. The number of quaternary nitrogens is 1. The minimum atomic E-state index is -0.824. The molecule has 2 aliphatic rings. The van der Waals surface area contributed by atoms with E-state index in [1.165, 1.54) is 34.9 Å². The number of hydrogen-bond acceptors (Lipinski definition) is 6. The molecule has 1 aromatic carbocycles. The summed E-state index contributed by atoms with van der Waals surface area (Å²) in [5.74, 6) is -1.63. The van der Waals surface area contributed by atoms with Crippen molar-refractivity contribution in [1.82, 2.24) is 4.90 Å². The van der Waals surface area contributed by atoms with Crippen molar-refractivity contribution in [3.05, 3.63) is 51.3 Å². The van der Waals surface area contributed by atoms with E-state index in [4.69, 9.17) is 4.74 Å². The highest BCUT2D eigenvalue weighted by molar-refractivity contribution is 6.08. The third-order valence-corrected chi connectivity index (χ3v) is 4.99. The van der Waals surface area contributed by atoms with Crippen LogP contribution < -0.4 is 4.90 Å². The van der Waals surface area contributed by atoms with Gasteiger partial charge in [0.1, 0.15) is 13.1 Å². The molecule has 27 heavy (non-hydrogen) atoms. The molecule has 1 aromatic rings. The fourth-order valence-corrected chi connectivity index (χ4v) is 3.59. The number of benzene rings is 1. The summed E-state index contributed by atoms with van der Waals surface area (Å²) in [7, 11) is 0. The Morgan fingerprint density at radius 2 is 2.11 bits per heavy atom. The minimum absolute atomic E-state index is 0.0162. The first-order chi connectivity index (χ1) is 12.9. The van der Waals surface area contributed by atoms with E-state index in [2.05, 4.69) is 0 Å². The number of amides is 1. The van der Waals surface area contributed by atoms with Crippen molar-refractivity contribution < 1.29 is 29.3 Å². The van der Waals surface area contributed by atoms with Crippen LogP contribution in [-0.4, -0.2) is 66.0 Å². The Morgan fingerprint density at radius 3 is 2.74 bits per heavy atom. The zero-order valence-corrected chi connectivity index (χ0v) is 15.0. The molecule has 1 atom stereocenters. The van der Waals surface area contributed by atoms with Crippen molar-refractivity contribution in [3.63, 3.8) is 0 Å². The van der Waals surface area contributed by atoms with Crippen LogP contribution in [0.2, 0.25) is 0 Å². The summed E-state index contributed by atoms with van der Waals surface area (Å²) in [6, 6.07) is 5.00. The molecule has 1 saturated heterocycles. The molecule has 2 aliphatic heterocycles. The predicted octanol–water partition coefficient (Wildman–Crippen LogP) is -0.206. The van der Waals surface area contributed by atoms with Gasteiger partial charge in [0.2, 0.25) is 0 Å². The lowest BCUT2D eigenvalue weighted by Gasteiger charge is -2.29. The zero-order chi connectivity index (χ0) is 19.6. The summed E-state index contributed by atoms with van der Waals surface area (Å²) in [5.41, 5.74) is 0.286. The number of aliphatic hydroxyl groups is 1. The number of nitro groups is 1. The summed E-state index contributed by atoms with van der Waals surface area (Å²) in [4.78, 5) is 38.0. The van der Waals surface area contributed by atoms with Gasteiger partial charge >= 0.3 is 0 Å². The lowest BCUT2D eigenvalue weighted by Crippen LogP contribution is -3.14. The standard InChI is InChI=1S/C18H21N3O6/c1-12(22)15-16(13-3-2-4-14(11-13)21(25)26)20(18(24)17(15)23)6-5-19-7-9-27-10-8-19/h2-4,11,16,23H,5-10H2,1H3/p+1. The number of aliphatic hydroxyl groups excluding tert-OH is 1. The van der Waals surface area contributed by atoms with E-state index < -0.39 is 28.4 Å². The smallest absolute Gasteiger partial charge is 0.290 e. The van der Waals surface area contributed by atoms with E-state index in [0.29, 0.717) is 31.9 Å². The number of ketones is 1. The van der Waals surface area contributed by atoms with Gasteiger partial charge in [-0.2, -0.15) is 0 Å². The maximum atomic E-state index is 12.6. The van der Waals surface area contributed by atoms with E-state index in [0.717, 1.165) is 13.1 Å². The third-order valence-electron chi connectivity index (χ3n) is 4.99. The second-order valence-corrected chi connectivity index (χ2v) is 6.68. The van der Waals surface area contributed by atoms with Crippen LogP contribution in [0.15, 0.2) is 35.6 Å². The zero-order valence-electron chi connectivity index (χ0n) is 15.0. The van der Waals surface area contributed by atoms with Gasteiger partial charge in [0.15, 0.2) is 11.5 Å². The highest BCUT2D eigenvalue weighted by Crippen LogP contribution is 2.38. The fourth-order valence-electron chi connectivity index (χ4n) is 3.59. The van der Waals surface area contributed by atoms with Crippen LogP contribution in [0.3, 0.4) is 0 Å². The summed E-state index contributed by atoms with van der Waals surface area (Å²) >= 11 is 0. The molecule has 3 rings (SSSR count). The van der Waals surface area contributed by atoms with E-state index in [1.54, 1.807) is 6.07 Å². The largest absolute Gasteiger partial charge is 0.503 e. The molecule has 1 amide bonds. The van der Waals surface area contributed by atoms with Crippen molar-refractivity contribution in [2.75, 3.05) is 39.4 Å². The summed E-state index contributed by atoms with van der Waals surface area (Å²) in [6.07, 6.45) is 0. The average Bonchev–Trinajstić information content (AvgIpc) is 2.92. The van der Waals surface area contributed by atoms with Gasteiger partial charge in [-0.15, -0.1) is 0 Å². The van der Waals surface area contributed by atoms with E-state index >= 15 is 0 Å². The lowest BCUT2D eigenvalue weighted by molar-refractivity contribution is -0.907. The Hall–Kier alpha value is -2.78. The van der Waals surface area contributed by atoms with E-state index in [-0.39, 0.29) is 11.3 Å². The number of nitrogens with zero attached hydrogens (tertiary/aromatic N) is 2. The van der Waals surface area contributed by atoms with Crippen molar-refractivity contribution in [3.8, 4) is 0 Å². The molecule has 9 heteroatoms. The Balaban J connectivity index is 1.91. The van der Waals surface area contributed by atoms with Gasteiger partial charge in [-0.25, -0.2) is 0 Å². The minimum Gasteiger partial charge on any atom is -0.503 e. The quantitative estimate of drug-likeness (QED) is 0.525. The molecule has 0 aromatic heterocycles. The Kier molecular flexibility index (Phi) is 5.52. The molecule has 0 radical (unpaired) electrons. The van der Waals surface area contributed by atoms with Crippen molar-refractivity contribution in [2.24, 2.45) is 0 Å². The molecular formula is C18H22N3O6+. The third kappa shape index (κ3) is 3.83. The Labute approximate surface area is 156 Å². The van der Waals surface area contributed by atoms with Gasteiger partial charge < -0.3 is 19.6 Å². The number of carbonyl (C=O) groups is 2. The fraction of sp³-hybridized carbons (Fsp3) is 0.444. The molecular weight excluding hydrogens is 354 g/mol. The topological polar surface area (TPSA) is 114 Å². The first-order valence-electron chi connectivity index (χ1n) is 8.81. The van der Waals surface area contributed by atoms with Gasteiger partial charge in [-0.05, 0) is 12.5 Å². The second kappa shape index (κ2) is 7.85. The molecule has 0 saturated carbocycles. The van der Waals surface area contributed by atoms with Crippen LogP contribution in [0.5, 0.6) is 0 Å². The molecule has 1 unspecified atom stereocenters. The number of carbonyl (C=O) groups excluding carboxylic acids is 2. The highest BCUT2D eigenvalue weighted by Gasteiger charge is 2.43. The van der Waals surface area contributed by atoms with E-state index in [9.17, 15) is 24.8 Å². The highest BCUT2D eigenvalue weighted by atomic mass is 16.6. The number of non-ortho nitro benzene ring substituents is 1. The van der Waals surface area contributed by atoms with Crippen molar-refractivity contribution >= 4 is 17.4 Å². The second-order valence-electron chi connectivity index (χ2n) is 6.68. The van der Waals surface area contributed by atoms with Crippen LogP contribution in [-0.2, 0) is 14.3 Å². The van der Waals surface area contributed by atoms with Crippen LogP contribution >= 0.6 is 0 Å². The van der Waals surface area contributed by atoms with Crippen molar-refractivity contribution in [1.29, 1.82) is 0 Å². The van der Waals surface area contributed by atoms with Crippen LogP contribution in [0.4, 0.5) is 5.69 Å². The average molecular weight is 376 g/mol. The molecule has 9 nitrogen and oxygen atoms in total.